The van der Waals surface area contributed by atoms with Crippen LogP contribution in [0.1, 0.15) is 51.1 Å². The third kappa shape index (κ3) is 2.76. The number of hydrogen-bond acceptors (Lipinski definition) is 2. The predicted octanol–water partition coefficient (Wildman–Crippen LogP) is 3.67. The van der Waals surface area contributed by atoms with Crippen molar-refractivity contribution in [3.63, 3.8) is 0 Å². The van der Waals surface area contributed by atoms with Crippen LogP contribution >= 0.6 is 0 Å². The van der Waals surface area contributed by atoms with E-state index in [0.717, 1.165) is 19.4 Å². The van der Waals surface area contributed by atoms with Crippen LogP contribution in [0, 0.1) is 5.92 Å². The molecule has 1 fully saturated rings. The molecule has 2 N–H and O–H groups in total. The lowest BCUT2D eigenvalue weighted by Crippen LogP contribution is -2.47. The minimum Gasteiger partial charge on any atom is -0.373 e. The van der Waals surface area contributed by atoms with Gasteiger partial charge in [0.2, 0.25) is 0 Å². The molecule has 0 radical (unpaired) electrons. The fourth-order valence-corrected chi connectivity index (χ4v) is 3.30. The highest BCUT2D eigenvalue weighted by Gasteiger charge is 2.41. The Kier molecular flexibility index (Phi) is 4.41. The normalized spacial score (nSPS) is 30.1. The summed E-state index contributed by atoms with van der Waals surface area (Å²) in [7, 11) is 0. The van der Waals surface area contributed by atoms with Gasteiger partial charge in [0.25, 0.3) is 0 Å². The molecule has 0 aliphatic heterocycles. The monoisotopic (exact) mass is 247 g/mol. The van der Waals surface area contributed by atoms with Crippen molar-refractivity contribution in [2.24, 2.45) is 11.7 Å². The van der Waals surface area contributed by atoms with Gasteiger partial charge in [0.05, 0.1) is 11.6 Å². The second kappa shape index (κ2) is 5.85. The molecule has 1 aliphatic carbocycles. The van der Waals surface area contributed by atoms with Gasteiger partial charge in [-0.25, -0.2) is 0 Å². The Balaban J connectivity index is 2.23. The molecule has 1 aliphatic rings. The van der Waals surface area contributed by atoms with Gasteiger partial charge in [-0.05, 0) is 31.2 Å². The van der Waals surface area contributed by atoms with Gasteiger partial charge in [-0.1, -0.05) is 50.1 Å². The topological polar surface area (TPSA) is 35.2 Å². The van der Waals surface area contributed by atoms with Crippen molar-refractivity contribution in [3.8, 4) is 0 Å². The summed E-state index contributed by atoms with van der Waals surface area (Å²) in [6.07, 6.45) is 4.69. The number of rotatable bonds is 4. The van der Waals surface area contributed by atoms with E-state index in [1.165, 1.54) is 18.4 Å². The number of hydrogen-bond donors (Lipinski definition) is 1. The Labute approximate surface area is 111 Å². The molecule has 2 heteroatoms. The fraction of sp³-hybridized carbons (Fsp3) is 0.625. The molecule has 0 spiro atoms. The maximum absolute atomic E-state index is 6.53. The zero-order valence-corrected chi connectivity index (χ0v) is 11.6. The maximum atomic E-state index is 6.53. The molecule has 0 aromatic heterocycles. The molecule has 1 saturated carbocycles. The van der Waals surface area contributed by atoms with Gasteiger partial charge in [0.1, 0.15) is 0 Å². The molecule has 2 nitrogen and oxygen atoms in total. The lowest BCUT2D eigenvalue weighted by molar-refractivity contribution is -0.0938. The standard InChI is InChI=1S/C16H25NO/c1-3-18-16(11-7-8-13(2)12-16)15(17)14-9-5-4-6-10-14/h4-6,9-10,13,15H,3,7-8,11-12,17H2,1-2H3. The third-order valence-corrected chi connectivity index (χ3v) is 4.15. The van der Waals surface area contributed by atoms with Crippen molar-refractivity contribution < 1.29 is 4.74 Å². The Morgan fingerprint density at radius 1 is 1.39 bits per heavy atom. The highest BCUT2D eigenvalue weighted by Crippen LogP contribution is 2.42. The lowest BCUT2D eigenvalue weighted by Gasteiger charge is -2.44. The Morgan fingerprint density at radius 2 is 2.11 bits per heavy atom. The van der Waals surface area contributed by atoms with E-state index in [1.807, 2.05) is 6.07 Å². The average molecular weight is 247 g/mol. The zero-order chi connectivity index (χ0) is 13.0. The molecule has 18 heavy (non-hydrogen) atoms. The molecule has 1 aromatic carbocycles. The highest BCUT2D eigenvalue weighted by molar-refractivity contribution is 5.22. The van der Waals surface area contributed by atoms with Gasteiger partial charge in [-0.2, -0.15) is 0 Å². The molecular weight excluding hydrogens is 222 g/mol. The smallest absolute Gasteiger partial charge is 0.0876 e. The zero-order valence-electron chi connectivity index (χ0n) is 11.6. The first-order valence-corrected chi connectivity index (χ1v) is 7.12. The van der Waals surface area contributed by atoms with Gasteiger partial charge in [-0.15, -0.1) is 0 Å². The quantitative estimate of drug-likeness (QED) is 0.881. The van der Waals surface area contributed by atoms with Crippen LogP contribution in [0.3, 0.4) is 0 Å². The maximum Gasteiger partial charge on any atom is 0.0876 e. The number of nitrogens with two attached hydrogens (primary N) is 1. The molecule has 3 atom stereocenters. The molecule has 1 aromatic rings. The van der Waals surface area contributed by atoms with Crippen LogP contribution in [0.15, 0.2) is 30.3 Å². The van der Waals surface area contributed by atoms with Crippen molar-refractivity contribution in [1.29, 1.82) is 0 Å². The summed E-state index contributed by atoms with van der Waals surface area (Å²) in [5, 5.41) is 0. The summed E-state index contributed by atoms with van der Waals surface area (Å²) in [6, 6.07) is 10.4. The van der Waals surface area contributed by atoms with Crippen molar-refractivity contribution in [1.82, 2.24) is 0 Å². The van der Waals surface area contributed by atoms with Crippen LogP contribution in [0.4, 0.5) is 0 Å². The van der Waals surface area contributed by atoms with E-state index >= 15 is 0 Å². The molecule has 0 amide bonds. The molecule has 100 valence electrons. The average Bonchev–Trinajstić information content (AvgIpc) is 2.39. The second-order valence-corrected chi connectivity index (χ2v) is 5.59. The van der Waals surface area contributed by atoms with E-state index < -0.39 is 0 Å². The minimum atomic E-state index is -0.159. The number of ether oxygens (including phenoxy) is 1. The summed E-state index contributed by atoms with van der Waals surface area (Å²) >= 11 is 0. The molecule has 3 unspecified atom stereocenters. The van der Waals surface area contributed by atoms with E-state index in [1.54, 1.807) is 0 Å². The van der Waals surface area contributed by atoms with E-state index in [2.05, 4.69) is 38.1 Å². The van der Waals surface area contributed by atoms with E-state index in [4.69, 9.17) is 10.5 Å². The molecule has 0 saturated heterocycles. The van der Waals surface area contributed by atoms with Gasteiger partial charge in [0, 0.05) is 6.61 Å². The van der Waals surface area contributed by atoms with Crippen LogP contribution in [-0.4, -0.2) is 12.2 Å². The minimum absolute atomic E-state index is 0.0126. The molecular formula is C16H25NO. The van der Waals surface area contributed by atoms with Gasteiger partial charge < -0.3 is 10.5 Å². The van der Waals surface area contributed by atoms with Crippen LogP contribution in [0.5, 0.6) is 0 Å². The predicted molar refractivity (Wildman–Crippen MR) is 75.4 cm³/mol. The summed E-state index contributed by atoms with van der Waals surface area (Å²) in [5.41, 5.74) is 7.56. The van der Waals surface area contributed by atoms with E-state index in [9.17, 15) is 0 Å². The van der Waals surface area contributed by atoms with Crippen LogP contribution in [-0.2, 0) is 4.74 Å². The highest BCUT2D eigenvalue weighted by atomic mass is 16.5. The lowest BCUT2D eigenvalue weighted by atomic mass is 9.73. The number of benzene rings is 1. The Bertz CT molecular complexity index is 361. The first-order valence-electron chi connectivity index (χ1n) is 7.12. The van der Waals surface area contributed by atoms with Crippen molar-refractivity contribution in [3.05, 3.63) is 35.9 Å². The van der Waals surface area contributed by atoms with Crippen LogP contribution < -0.4 is 5.73 Å². The van der Waals surface area contributed by atoms with Gasteiger partial charge >= 0.3 is 0 Å². The fourth-order valence-electron chi connectivity index (χ4n) is 3.30. The summed E-state index contributed by atoms with van der Waals surface area (Å²) < 4.78 is 6.13. The van der Waals surface area contributed by atoms with Crippen molar-refractivity contribution in [2.75, 3.05) is 6.61 Å². The SMILES string of the molecule is CCOC1(C(N)c2ccccc2)CCCC(C)C1. The van der Waals surface area contributed by atoms with Gasteiger partial charge in [-0.3, -0.25) is 0 Å². The Morgan fingerprint density at radius 3 is 2.72 bits per heavy atom. The summed E-state index contributed by atoms with van der Waals surface area (Å²) in [4.78, 5) is 0. The second-order valence-electron chi connectivity index (χ2n) is 5.59. The largest absolute Gasteiger partial charge is 0.373 e. The first-order chi connectivity index (χ1) is 8.68. The van der Waals surface area contributed by atoms with E-state index in [-0.39, 0.29) is 11.6 Å². The van der Waals surface area contributed by atoms with E-state index in [0.29, 0.717) is 5.92 Å². The van der Waals surface area contributed by atoms with Crippen LogP contribution in [0.25, 0.3) is 0 Å². The Hall–Kier alpha value is -0.860. The summed E-state index contributed by atoms with van der Waals surface area (Å²) in [6.45, 7) is 5.12. The van der Waals surface area contributed by atoms with Gasteiger partial charge in [0.15, 0.2) is 0 Å². The van der Waals surface area contributed by atoms with Crippen LogP contribution in [0.2, 0.25) is 0 Å². The molecule has 2 rings (SSSR count). The molecule has 0 bridgehead atoms. The first kappa shape index (κ1) is 13.6. The van der Waals surface area contributed by atoms with Crippen molar-refractivity contribution >= 4 is 0 Å². The van der Waals surface area contributed by atoms with Crippen molar-refractivity contribution in [2.45, 2.75) is 51.2 Å². The molecule has 0 heterocycles. The summed E-state index contributed by atoms with van der Waals surface area (Å²) in [5.74, 6) is 0.708. The third-order valence-electron chi connectivity index (χ3n) is 4.15.